The number of aryl methyl sites for hydroxylation is 1. The van der Waals surface area contributed by atoms with Gasteiger partial charge in [-0.05, 0) is 55.2 Å². The van der Waals surface area contributed by atoms with E-state index >= 15 is 0 Å². The first-order valence-corrected chi connectivity index (χ1v) is 10.9. The number of amides is 1. The minimum absolute atomic E-state index is 0.0408. The maximum absolute atomic E-state index is 13.4. The molecule has 2 aromatic rings. The first kappa shape index (κ1) is 22.0. The van der Waals surface area contributed by atoms with Gasteiger partial charge < -0.3 is 21.3 Å². The summed E-state index contributed by atoms with van der Waals surface area (Å²) >= 11 is 5.82. The Bertz CT molecular complexity index is 1030. The van der Waals surface area contributed by atoms with Crippen LogP contribution in [0.25, 0.3) is 0 Å². The van der Waals surface area contributed by atoms with Crippen LogP contribution in [0.5, 0.6) is 0 Å². The van der Waals surface area contributed by atoms with E-state index in [4.69, 9.17) is 17.3 Å². The van der Waals surface area contributed by atoms with Crippen molar-refractivity contribution < 1.29 is 19.4 Å². The molecule has 31 heavy (non-hydrogen) atoms. The molecule has 2 saturated carbocycles. The molecule has 1 amide bonds. The van der Waals surface area contributed by atoms with E-state index in [2.05, 4.69) is 10.4 Å². The number of aromatic nitrogens is 2. The van der Waals surface area contributed by atoms with Crippen LogP contribution in [0.1, 0.15) is 55.1 Å². The highest BCUT2D eigenvalue weighted by molar-refractivity contribution is 6.31. The van der Waals surface area contributed by atoms with Crippen LogP contribution in [-0.2, 0) is 7.05 Å². The van der Waals surface area contributed by atoms with Crippen molar-refractivity contribution in [2.24, 2.45) is 24.8 Å². The van der Waals surface area contributed by atoms with E-state index in [1.807, 2.05) is 13.8 Å². The molecular formula is C22H28ClFN4O3. The number of nitrogens with one attached hydrogen (secondary N) is 1. The summed E-state index contributed by atoms with van der Waals surface area (Å²) in [5.74, 6) is -0.770. The topological polar surface area (TPSA) is 113 Å². The second-order valence-corrected chi connectivity index (χ2v) is 9.65. The van der Waals surface area contributed by atoms with Gasteiger partial charge in [-0.2, -0.15) is 5.10 Å². The highest BCUT2D eigenvalue weighted by Crippen LogP contribution is 2.55. The number of nitrogen functional groups attached to an aromatic ring is 1. The Morgan fingerprint density at radius 1 is 1.42 bits per heavy atom. The molecule has 0 bridgehead atoms. The van der Waals surface area contributed by atoms with E-state index in [-0.39, 0.29) is 40.1 Å². The molecule has 0 aliphatic heterocycles. The van der Waals surface area contributed by atoms with E-state index in [1.165, 1.54) is 22.9 Å². The Balaban J connectivity index is 1.58. The maximum Gasteiger partial charge on any atom is 0.261 e. The van der Waals surface area contributed by atoms with Crippen LogP contribution in [0, 0.1) is 23.6 Å². The standard InChI is InChI=1S/C22H28ClFN4O3/c1-10(2)22(31)9-12-6-11(7-14(12)19(22)29)18-17(20(25)28(3)27-18)21(30)26-13-4-5-16(24)15(23)8-13/h4-5,8,10-12,14,19,29,31H,6-7,9,25H2,1-3H3,(H,26,30). The van der Waals surface area contributed by atoms with Gasteiger partial charge >= 0.3 is 0 Å². The zero-order valence-electron chi connectivity index (χ0n) is 17.8. The summed E-state index contributed by atoms with van der Waals surface area (Å²) in [6.07, 6.45) is 1.07. The van der Waals surface area contributed by atoms with Gasteiger partial charge in [-0.25, -0.2) is 4.39 Å². The molecule has 1 aromatic heterocycles. The molecule has 7 nitrogen and oxygen atoms in total. The second kappa shape index (κ2) is 7.76. The molecule has 9 heteroatoms. The van der Waals surface area contributed by atoms with Gasteiger partial charge in [0.25, 0.3) is 5.91 Å². The third-order valence-corrected chi connectivity index (χ3v) is 7.46. The Kier molecular flexibility index (Phi) is 5.52. The number of benzene rings is 1. The lowest BCUT2D eigenvalue weighted by Crippen LogP contribution is -2.44. The van der Waals surface area contributed by atoms with Crippen LogP contribution >= 0.6 is 11.6 Å². The molecule has 2 aliphatic carbocycles. The minimum atomic E-state index is -1.08. The van der Waals surface area contributed by atoms with Gasteiger partial charge in [0.15, 0.2) is 0 Å². The monoisotopic (exact) mass is 450 g/mol. The number of hydrogen-bond donors (Lipinski definition) is 4. The predicted molar refractivity (Wildman–Crippen MR) is 116 cm³/mol. The number of rotatable bonds is 4. The quantitative estimate of drug-likeness (QED) is 0.570. The van der Waals surface area contributed by atoms with Crippen LogP contribution in [0.3, 0.4) is 0 Å². The number of hydrogen-bond acceptors (Lipinski definition) is 5. The van der Waals surface area contributed by atoms with Gasteiger partial charge in [-0.15, -0.1) is 0 Å². The summed E-state index contributed by atoms with van der Waals surface area (Å²) in [7, 11) is 1.67. The van der Waals surface area contributed by atoms with E-state index < -0.39 is 23.4 Å². The number of anilines is 2. The molecule has 4 rings (SSSR count). The first-order valence-electron chi connectivity index (χ1n) is 10.5. The molecule has 0 saturated heterocycles. The summed E-state index contributed by atoms with van der Waals surface area (Å²) in [5.41, 5.74) is 6.31. The molecule has 1 aromatic carbocycles. The number of carbonyl (C=O) groups is 1. The van der Waals surface area contributed by atoms with Crippen LogP contribution < -0.4 is 11.1 Å². The largest absolute Gasteiger partial charge is 0.390 e. The van der Waals surface area contributed by atoms with Crippen LogP contribution in [0.4, 0.5) is 15.9 Å². The Labute approximate surface area is 185 Å². The zero-order valence-corrected chi connectivity index (χ0v) is 18.5. The number of fused-ring (bicyclic) bond motifs is 1. The van der Waals surface area contributed by atoms with Gasteiger partial charge in [-0.1, -0.05) is 25.4 Å². The van der Waals surface area contributed by atoms with Gasteiger partial charge in [0, 0.05) is 18.7 Å². The van der Waals surface area contributed by atoms with Crippen molar-refractivity contribution in [3.8, 4) is 0 Å². The average Bonchev–Trinajstić information content (AvgIpc) is 3.31. The molecule has 5 atom stereocenters. The molecule has 2 aliphatic rings. The molecule has 0 spiro atoms. The van der Waals surface area contributed by atoms with Crippen molar-refractivity contribution in [2.75, 3.05) is 11.1 Å². The SMILES string of the molecule is CC(C)C1(O)CC2CC(c3nn(C)c(N)c3C(=O)Nc3ccc(F)c(Cl)c3)CC2C1O. The Morgan fingerprint density at radius 2 is 2.13 bits per heavy atom. The maximum atomic E-state index is 13.4. The number of nitrogens with zero attached hydrogens (tertiary/aromatic N) is 2. The third-order valence-electron chi connectivity index (χ3n) is 7.17. The zero-order chi connectivity index (χ0) is 22.7. The van der Waals surface area contributed by atoms with Crippen LogP contribution in [-0.4, -0.2) is 37.6 Å². The minimum Gasteiger partial charge on any atom is -0.390 e. The summed E-state index contributed by atoms with van der Waals surface area (Å²) in [4.78, 5) is 13.1. The fourth-order valence-electron chi connectivity index (χ4n) is 5.34. The molecule has 0 radical (unpaired) electrons. The smallest absolute Gasteiger partial charge is 0.261 e. The molecule has 5 unspecified atom stereocenters. The predicted octanol–water partition coefficient (Wildman–Crippen LogP) is 3.31. The number of nitrogens with two attached hydrogens (primary N) is 1. The fourth-order valence-corrected chi connectivity index (χ4v) is 5.52. The molecular weight excluding hydrogens is 423 g/mol. The van der Waals surface area contributed by atoms with E-state index in [0.717, 1.165) is 6.42 Å². The van der Waals surface area contributed by atoms with Gasteiger partial charge in [0.1, 0.15) is 17.2 Å². The highest BCUT2D eigenvalue weighted by atomic mass is 35.5. The fraction of sp³-hybridized carbons (Fsp3) is 0.545. The number of aliphatic hydroxyl groups is 2. The van der Waals surface area contributed by atoms with Crippen molar-refractivity contribution in [3.05, 3.63) is 40.3 Å². The van der Waals surface area contributed by atoms with E-state index in [1.54, 1.807) is 7.05 Å². The normalized spacial score (nSPS) is 30.1. The van der Waals surface area contributed by atoms with Crippen LogP contribution in [0.15, 0.2) is 18.2 Å². The lowest BCUT2D eigenvalue weighted by atomic mass is 9.82. The van der Waals surface area contributed by atoms with Gasteiger partial charge in [0.2, 0.25) is 0 Å². The number of aliphatic hydroxyl groups excluding tert-OH is 1. The average molecular weight is 451 g/mol. The van der Waals surface area contributed by atoms with Crippen molar-refractivity contribution in [1.29, 1.82) is 0 Å². The molecule has 5 N–H and O–H groups in total. The van der Waals surface area contributed by atoms with E-state index in [0.29, 0.717) is 24.2 Å². The lowest BCUT2D eigenvalue weighted by molar-refractivity contribution is -0.0980. The van der Waals surface area contributed by atoms with Crippen molar-refractivity contribution in [3.63, 3.8) is 0 Å². The number of carbonyl (C=O) groups excluding carboxylic acids is 1. The summed E-state index contributed by atoms with van der Waals surface area (Å²) < 4.78 is 14.9. The first-order chi connectivity index (χ1) is 14.5. The second-order valence-electron chi connectivity index (χ2n) is 9.24. The molecule has 168 valence electrons. The van der Waals surface area contributed by atoms with Gasteiger partial charge in [0.05, 0.1) is 22.4 Å². The summed E-state index contributed by atoms with van der Waals surface area (Å²) in [6, 6.07) is 3.94. The van der Waals surface area contributed by atoms with Crippen molar-refractivity contribution >= 4 is 29.0 Å². The van der Waals surface area contributed by atoms with E-state index in [9.17, 15) is 19.4 Å². The Hall–Kier alpha value is -2.16. The third kappa shape index (κ3) is 3.60. The highest BCUT2D eigenvalue weighted by Gasteiger charge is 2.57. The molecule has 1 heterocycles. The van der Waals surface area contributed by atoms with Crippen molar-refractivity contribution in [2.45, 2.75) is 50.7 Å². The van der Waals surface area contributed by atoms with Crippen LogP contribution in [0.2, 0.25) is 5.02 Å². The Morgan fingerprint density at radius 3 is 2.74 bits per heavy atom. The number of halogens is 2. The van der Waals surface area contributed by atoms with Gasteiger partial charge in [-0.3, -0.25) is 9.48 Å². The summed E-state index contributed by atoms with van der Waals surface area (Å²) in [6.45, 7) is 3.84. The van der Waals surface area contributed by atoms with Crippen molar-refractivity contribution in [1.82, 2.24) is 9.78 Å². The molecule has 2 fully saturated rings. The summed E-state index contributed by atoms with van der Waals surface area (Å²) in [5, 5.41) is 28.9. The lowest BCUT2D eigenvalue weighted by Gasteiger charge is -2.33.